The van der Waals surface area contributed by atoms with Crippen LogP contribution in [0.5, 0.6) is 0 Å². The lowest BCUT2D eigenvalue weighted by Crippen LogP contribution is -2.09. The van der Waals surface area contributed by atoms with Gasteiger partial charge in [0.1, 0.15) is 11.2 Å². The minimum Gasteiger partial charge on any atom is -0.452 e. The normalized spacial score (nSPS) is 16.1. The van der Waals surface area contributed by atoms with Crippen molar-refractivity contribution in [2.24, 2.45) is 0 Å². The highest BCUT2D eigenvalue weighted by atomic mass is 16.4. The van der Waals surface area contributed by atoms with Crippen molar-refractivity contribution in [3.8, 4) is 11.4 Å². The molecular weight excluding hydrogens is 709 g/mol. The maximum Gasteiger partial charge on any atom is 0.178 e. The Bertz CT molecular complexity index is 3090. The smallest absolute Gasteiger partial charge is 0.178 e. The molecule has 0 unspecified atom stereocenters. The van der Waals surface area contributed by atoms with E-state index in [1.54, 1.807) is 0 Å². The highest BCUT2D eigenvalue weighted by Gasteiger charge is 2.27. The van der Waals surface area contributed by atoms with E-state index in [4.69, 9.17) is 8.83 Å². The number of fused-ring (bicyclic) bond motifs is 13. The number of aromatic nitrogens is 2. The van der Waals surface area contributed by atoms with E-state index < -0.39 is 0 Å². The Morgan fingerprint density at radius 3 is 1.05 bits per heavy atom. The van der Waals surface area contributed by atoms with Crippen LogP contribution in [-0.4, -0.2) is 9.13 Å². The number of hydrogen-bond acceptors (Lipinski definition) is 2. The molecule has 2 saturated carbocycles. The van der Waals surface area contributed by atoms with Gasteiger partial charge in [0.15, 0.2) is 11.2 Å². The first-order valence-electron chi connectivity index (χ1n) is 21.6. The highest BCUT2D eigenvalue weighted by molar-refractivity contribution is 6.20. The molecule has 11 aromatic rings. The predicted octanol–water partition coefficient (Wildman–Crippen LogP) is 15.8. The summed E-state index contributed by atoms with van der Waals surface area (Å²) in [6.45, 7) is 0. The van der Waals surface area contributed by atoms with Gasteiger partial charge in [-0.2, -0.15) is 0 Å². The molecule has 58 heavy (non-hydrogen) atoms. The van der Waals surface area contributed by atoms with Gasteiger partial charge in [0, 0.05) is 43.1 Å². The van der Waals surface area contributed by atoms with E-state index in [9.17, 15) is 0 Å². The lowest BCUT2D eigenvalue weighted by molar-refractivity contribution is 0.443. The van der Waals surface area contributed by atoms with E-state index in [0.717, 1.165) is 43.9 Å². The van der Waals surface area contributed by atoms with E-state index in [2.05, 4.69) is 143 Å². The molecule has 13 rings (SSSR count). The molecular formula is C54H44N2O2. The van der Waals surface area contributed by atoms with Gasteiger partial charge in [0.25, 0.3) is 0 Å². The van der Waals surface area contributed by atoms with Crippen molar-refractivity contribution < 1.29 is 8.83 Å². The Kier molecular flexibility index (Phi) is 7.13. The van der Waals surface area contributed by atoms with Gasteiger partial charge in [0.05, 0.1) is 33.4 Å². The first-order chi connectivity index (χ1) is 28.8. The van der Waals surface area contributed by atoms with Crippen molar-refractivity contribution in [1.29, 1.82) is 0 Å². The van der Waals surface area contributed by atoms with Crippen LogP contribution in [0.25, 0.3) is 98.9 Å². The van der Waals surface area contributed by atoms with E-state index >= 15 is 0 Å². The van der Waals surface area contributed by atoms with Crippen molar-refractivity contribution in [1.82, 2.24) is 9.13 Å². The lowest BCUT2D eigenvalue weighted by Gasteiger charge is -2.25. The van der Waals surface area contributed by atoms with E-state index in [1.807, 2.05) is 0 Å². The van der Waals surface area contributed by atoms with Gasteiger partial charge in [-0.25, -0.2) is 0 Å². The number of para-hydroxylation sites is 4. The van der Waals surface area contributed by atoms with Crippen molar-refractivity contribution in [2.75, 3.05) is 0 Å². The summed E-state index contributed by atoms with van der Waals surface area (Å²) in [6, 6.07) is 49.8. The summed E-state index contributed by atoms with van der Waals surface area (Å²) in [5.41, 5.74) is 13.9. The number of hydrogen-bond donors (Lipinski definition) is 0. The van der Waals surface area contributed by atoms with Crippen LogP contribution >= 0.6 is 0 Å². The molecule has 4 heterocycles. The Morgan fingerprint density at radius 1 is 0.345 bits per heavy atom. The molecule has 2 fully saturated rings. The SMILES string of the molecule is c1ccc2c(c1)c1ccccc1n2-c1cc2c(cc1C1CCCCC1)oc1c2ccc2c3cc(-n4c5ccccc5c5ccccc54)c(C4CCCCC4)cc3oc21. The monoisotopic (exact) mass is 752 g/mol. The average Bonchev–Trinajstić information content (AvgIpc) is 4.03. The lowest BCUT2D eigenvalue weighted by atomic mass is 9.83. The fraction of sp³-hybridized carbons (Fsp3) is 0.222. The molecule has 0 radical (unpaired) electrons. The zero-order chi connectivity index (χ0) is 37.9. The van der Waals surface area contributed by atoms with E-state index in [0.29, 0.717) is 11.8 Å². The largest absolute Gasteiger partial charge is 0.452 e. The van der Waals surface area contributed by atoms with Crippen LogP contribution in [0.3, 0.4) is 0 Å². The summed E-state index contributed by atoms with van der Waals surface area (Å²) in [7, 11) is 0. The number of nitrogens with zero attached hydrogens (tertiary/aromatic N) is 2. The molecule has 4 aromatic heterocycles. The van der Waals surface area contributed by atoms with Crippen LogP contribution in [0.15, 0.2) is 142 Å². The van der Waals surface area contributed by atoms with Gasteiger partial charge in [-0.1, -0.05) is 111 Å². The topological polar surface area (TPSA) is 36.1 Å². The maximum atomic E-state index is 7.03. The molecule has 0 spiro atoms. The summed E-state index contributed by atoms with van der Waals surface area (Å²) >= 11 is 0. The van der Waals surface area contributed by atoms with Crippen molar-refractivity contribution >= 4 is 87.5 Å². The minimum atomic E-state index is 0.491. The third-order valence-corrected chi connectivity index (χ3v) is 14.1. The molecule has 0 saturated heterocycles. The molecule has 282 valence electrons. The van der Waals surface area contributed by atoms with E-state index in [1.165, 1.54) is 130 Å². The molecule has 4 nitrogen and oxygen atoms in total. The van der Waals surface area contributed by atoms with Crippen LogP contribution in [0, 0.1) is 0 Å². The summed E-state index contributed by atoms with van der Waals surface area (Å²) in [6.07, 6.45) is 12.6. The third kappa shape index (κ3) is 4.69. The van der Waals surface area contributed by atoms with Crippen LogP contribution in [0.2, 0.25) is 0 Å². The first-order valence-corrected chi connectivity index (χ1v) is 21.6. The highest BCUT2D eigenvalue weighted by Crippen LogP contribution is 2.47. The summed E-state index contributed by atoms with van der Waals surface area (Å²) in [5.74, 6) is 0.981. The number of benzene rings is 7. The predicted molar refractivity (Wildman–Crippen MR) is 241 cm³/mol. The standard InChI is InChI=1S/C54H44N2O2/c1-3-15-33(16-4-1)41-31-51-43(29-49(41)55-45-23-11-7-19-35(45)36-20-8-12-24-46(36)55)39-27-28-40-44-30-50(56-47-25-13-9-21-37(47)38-22-10-14-26-48(38)56)42(34-17-5-2-6-18-34)32-52(44)58-54(40)53(39)57-51/h7-14,19-34H,1-6,15-18H2. The number of rotatable bonds is 4. The molecule has 0 bridgehead atoms. The Hall–Kier alpha value is -6.26. The van der Waals surface area contributed by atoms with E-state index in [-0.39, 0.29) is 0 Å². The molecule has 2 aliphatic carbocycles. The maximum absolute atomic E-state index is 7.03. The summed E-state index contributed by atoms with van der Waals surface area (Å²) < 4.78 is 19.1. The molecule has 0 atom stereocenters. The van der Waals surface area contributed by atoms with Crippen molar-refractivity contribution in [3.05, 3.63) is 145 Å². The Morgan fingerprint density at radius 2 is 0.690 bits per heavy atom. The second kappa shape index (κ2) is 12.6. The van der Waals surface area contributed by atoms with Gasteiger partial charge >= 0.3 is 0 Å². The van der Waals surface area contributed by atoms with Crippen LogP contribution in [-0.2, 0) is 0 Å². The zero-order valence-electron chi connectivity index (χ0n) is 32.6. The van der Waals surface area contributed by atoms with Gasteiger partial charge < -0.3 is 18.0 Å². The van der Waals surface area contributed by atoms with Gasteiger partial charge in [-0.3, -0.25) is 0 Å². The Labute approximate surface area is 336 Å². The quantitative estimate of drug-likeness (QED) is 0.179. The summed E-state index contributed by atoms with van der Waals surface area (Å²) in [4.78, 5) is 0. The molecule has 7 aromatic carbocycles. The second-order valence-corrected chi connectivity index (χ2v) is 17.2. The van der Waals surface area contributed by atoms with Crippen LogP contribution < -0.4 is 0 Å². The number of furan rings is 2. The van der Waals surface area contributed by atoms with Crippen LogP contribution in [0.4, 0.5) is 0 Å². The second-order valence-electron chi connectivity index (χ2n) is 17.2. The molecule has 2 aliphatic rings. The summed E-state index contributed by atoms with van der Waals surface area (Å²) in [5, 5.41) is 9.67. The van der Waals surface area contributed by atoms with Crippen molar-refractivity contribution in [3.63, 3.8) is 0 Å². The zero-order valence-corrected chi connectivity index (χ0v) is 32.6. The average molecular weight is 753 g/mol. The minimum absolute atomic E-state index is 0.491. The molecule has 0 N–H and O–H groups in total. The van der Waals surface area contributed by atoms with Crippen LogP contribution in [0.1, 0.15) is 87.2 Å². The van der Waals surface area contributed by atoms with Gasteiger partial charge in [0.2, 0.25) is 0 Å². The van der Waals surface area contributed by atoms with Gasteiger partial charge in [-0.05, 0) is 109 Å². The van der Waals surface area contributed by atoms with Crippen molar-refractivity contribution in [2.45, 2.75) is 76.0 Å². The molecule has 4 heteroatoms. The van der Waals surface area contributed by atoms with Gasteiger partial charge in [-0.15, -0.1) is 0 Å². The molecule has 0 amide bonds. The fourth-order valence-corrected chi connectivity index (χ4v) is 11.4. The first kappa shape index (κ1) is 32.8. The molecule has 0 aliphatic heterocycles. The fourth-order valence-electron chi connectivity index (χ4n) is 11.4. The Balaban J connectivity index is 1.08. The third-order valence-electron chi connectivity index (χ3n) is 14.1.